The van der Waals surface area contributed by atoms with Crippen molar-refractivity contribution in [3.8, 4) is 11.5 Å². The van der Waals surface area contributed by atoms with Gasteiger partial charge in [-0.05, 0) is 29.8 Å². The summed E-state index contributed by atoms with van der Waals surface area (Å²) in [5.74, 6) is 0.456. The van der Waals surface area contributed by atoms with E-state index < -0.39 is 12.0 Å². The Hall–Kier alpha value is -2.33. The molecule has 0 saturated carbocycles. The number of hydrogen-bond donors (Lipinski definition) is 2. The van der Waals surface area contributed by atoms with Crippen LogP contribution in [0.25, 0.3) is 0 Å². The third-order valence-corrected chi connectivity index (χ3v) is 2.66. The van der Waals surface area contributed by atoms with Crippen LogP contribution in [0.4, 0.5) is 0 Å². The molecule has 0 spiro atoms. The van der Waals surface area contributed by atoms with Crippen LogP contribution in [-0.4, -0.2) is 11.1 Å². The van der Waals surface area contributed by atoms with Gasteiger partial charge in [0.15, 0.2) is 0 Å². The van der Waals surface area contributed by atoms with Crippen LogP contribution >= 0.6 is 0 Å². The van der Waals surface area contributed by atoms with Crippen molar-refractivity contribution in [2.24, 2.45) is 5.73 Å². The van der Waals surface area contributed by atoms with Gasteiger partial charge < -0.3 is 15.6 Å². The molecule has 0 radical (unpaired) electrons. The molecule has 19 heavy (non-hydrogen) atoms. The summed E-state index contributed by atoms with van der Waals surface area (Å²) < 4.78 is 5.67. The lowest BCUT2D eigenvalue weighted by Gasteiger charge is -2.11. The highest BCUT2D eigenvalue weighted by Gasteiger charge is 2.11. The molecule has 0 bridgehead atoms. The van der Waals surface area contributed by atoms with E-state index in [4.69, 9.17) is 15.6 Å². The molecule has 0 aromatic heterocycles. The van der Waals surface area contributed by atoms with Crippen molar-refractivity contribution in [2.75, 3.05) is 0 Å². The Morgan fingerprint density at radius 3 is 2.47 bits per heavy atom. The van der Waals surface area contributed by atoms with Gasteiger partial charge in [-0.25, -0.2) is 0 Å². The molecule has 1 atom stereocenters. The first-order valence-corrected chi connectivity index (χ1v) is 5.95. The van der Waals surface area contributed by atoms with Gasteiger partial charge in [-0.15, -0.1) is 0 Å². The zero-order valence-electron chi connectivity index (χ0n) is 10.3. The number of benzene rings is 2. The largest absolute Gasteiger partial charge is 0.481 e. The normalized spacial score (nSPS) is 11.8. The topological polar surface area (TPSA) is 72.6 Å². The van der Waals surface area contributed by atoms with Crippen LogP contribution < -0.4 is 10.5 Å². The third kappa shape index (κ3) is 3.82. The predicted octanol–water partition coefficient (Wildman–Crippen LogP) is 2.95. The molecule has 0 saturated heterocycles. The average molecular weight is 257 g/mol. The van der Waals surface area contributed by atoms with Crippen LogP contribution in [0.2, 0.25) is 0 Å². The lowest BCUT2D eigenvalue weighted by Crippen LogP contribution is -2.14. The minimum Gasteiger partial charge on any atom is -0.481 e. The molecule has 3 N–H and O–H groups in total. The molecular weight excluding hydrogens is 242 g/mol. The summed E-state index contributed by atoms with van der Waals surface area (Å²) >= 11 is 0. The quantitative estimate of drug-likeness (QED) is 0.863. The molecule has 0 amide bonds. The second-order valence-corrected chi connectivity index (χ2v) is 4.19. The van der Waals surface area contributed by atoms with E-state index in [-0.39, 0.29) is 6.42 Å². The second kappa shape index (κ2) is 6.02. The Balaban J connectivity index is 2.13. The fourth-order valence-electron chi connectivity index (χ4n) is 1.74. The molecule has 0 aliphatic rings. The van der Waals surface area contributed by atoms with Gasteiger partial charge in [-0.1, -0.05) is 30.3 Å². The average Bonchev–Trinajstić information content (AvgIpc) is 2.39. The summed E-state index contributed by atoms with van der Waals surface area (Å²) in [7, 11) is 0. The first-order chi connectivity index (χ1) is 9.15. The summed E-state index contributed by atoms with van der Waals surface area (Å²) in [6, 6.07) is 16.0. The van der Waals surface area contributed by atoms with Crippen LogP contribution in [0.15, 0.2) is 54.6 Å². The summed E-state index contributed by atoms with van der Waals surface area (Å²) in [5, 5.41) is 8.74. The molecular formula is C15H15NO3. The van der Waals surface area contributed by atoms with E-state index in [2.05, 4.69) is 0 Å². The van der Waals surface area contributed by atoms with E-state index in [0.29, 0.717) is 5.75 Å². The van der Waals surface area contributed by atoms with Gasteiger partial charge in [0.2, 0.25) is 0 Å². The number of hydrogen-bond acceptors (Lipinski definition) is 3. The summed E-state index contributed by atoms with van der Waals surface area (Å²) in [4.78, 5) is 10.6. The van der Waals surface area contributed by atoms with E-state index in [1.54, 1.807) is 18.2 Å². The van der Waals surface area contributed by atoms with Crippen molar-refractivity contribution in [1.82, 2.24) is 0 Å². The Morgan fingerprint density at radius 2 is 1.79 bits per heavy atom. The molecule has 0 unspecified atom stereocenters. The Bertz CT molecular complexity index is 554. The number of carbonyl (C=O) groups is 1. The highest BCUT2D eigenvalue weighted by Crippen LogP contribution is 2.24. The number of carboxylic acids is 1. The van der Waals surface area contributed by atoms with Crippen LogP contribution in [0.5, 0.6) is 11.5 Å². The van der Waals surface area contributed by atoms with Gasteiger partial charge >= 0.3 is 5.97 Å². The molecule has 2 rings (SSSR count). The molecule has 0 aliphatic carbocycles. The Kier molecular flexibility index (Phi) is 4.15. The van der Waals surface area contributed by atoms with Gasteiger partial charge in [-0.3, -0.25) is 4.79 Å². The summed E-state index contributed by atoms with van der Waals surface area (Å²) in [5.41, 5.74) is 6.57. The molecule has 98 valence electrons. The monoisotopic (exact) mass is 257 g/mol. The maximum absolute atomic E-state index is 10.6. The lowest BCUT2D eigenvalue weighted by molar-refractivity contribution is -0.137. The van der Waals surface area contributed by atoms with Crippen LogP contribution in [0.3, 0.4) is 0 Å². The standard InChI is InChI=1S/C15H15NO3/c16-14(10-15(17)18)11-5-4-8-13(9-11)19-12-6-2-1-3-7-12/h1-9,14H,10,16H2,(H,17,18)/t14-/m1/s1. The number of para-hydroxylation sites is 1. The molecule has 2 aromatic rings. The minimum atomic E-state index is -0.915. The number of nitrogens with two attached hydrogens (primary N) is 1. The van der Waals surface area contributed by atoms with Crippen molar-refractivity contribution in [2.45, 2.75) is 12.5 Å². The fourth-order valence-corrected chi connectivity index (χ4v) is 1.74. The van der Waals surface area contributed by atoms with E-state index in [0.717, 1.165) is 11.3 Å². The number of rotatable bonds is 5. The van der Waals surface area contributed by atoms with Crippen molar-refractivity contribution in [3.05, 3.63) is 60.2 Å². The lowest BCUT2D eigenvalue weighted by atomic mass is 10.0. The van der Waals surface area contributed by atoms with E-state index >= 15 is 0 Å². The molecule has 2 aromatic carbocycles. The van der Waals surface area contributed by atoms with E-state index in [9.17, 15) is 4.79 Å². The van der Waals surface area contributed by atoms with Crippen molar-refractivity contribution in [1.29, 1.82) is 0 Å². The van der Waals surface area contributed by atoms with Gasteiger partial charge in [0.1, 0.15) is 11.5 Å². The summed E-state index contributed by atoms with van der Waals surface area (Å²) in [6.07, 6.45) is -0.102. The number of aliphatic carboxylic acids is 1. The van der Waals surface area contributed by atoms with Gasteiger partial charge in [-0.2, -0.15) is 0 Å². The first-order valence-electron chi connectivity index (χ1n) is 5.95. The van der Waals surface area contributed by atoms with Gasteiger partial charge in [0.05, 0.1) is 6.42 Å². The molecule has 4 nitrogen and oxygen atoms in total. The number of carboxylic acid groups (broad SMARTS) is 1. The molecule has 0 heterocycles. The van der Waals surface area contributed by atoms with Crippen LogP contribution in [0, 0.1) is 0 Å². The highest BCUT2D eigenvalue weighted by molar-refractivity contribution is 5.67. The SMILES string of the molecule is N[C@H](CC(=O)O)c1cccc(Oc2ccccc2)c1. The molecule has 4 heteroatoms. The minimum absolute atomic E-state index is 0.102. The summed E-state index contributed by atoms with van der Waals surface area (Å²) in [6.45, 7) is 0. The number of ether oxygens (including phenoxy) is 1. The van der Waals surface area contributed by atoms with E-state index in [1.807, 2.05) is 36.4 Å². The van der Waals surface area contributed by atoms with Gasteiger partial charge in [0.25, 0.3) is 0 Å². The van der Waals surface area contributed by atoms with Crippen LogP contribution in [0.1, 0.15) is 18.0 Å². The first kappa shape index (κ1) is 13.1. The third-order valence-electron chi connectivity index (χ3n) is 2.66. The molecule has 0 fully saturated rings. The molecule has 0 aliphatic heterocycles. The van der Waals surface area contributed by atoms with Crippen molar-refractivity contribution in [3.63, 3.8) is 0 Å². The van der Waals surface area contributed by atoms with E-state index in [1.165, 1.54) is 0 Å². The van der Waals surface area contributed by atoms with Gasteiger partial charge in [0, 0.05) is 6.04 Å². The predicted molar refractivity (Wildman–Crippen MR) is 72.1 cm³/mol. The fraction of sp³-hybridized carbons (Fsp3) is 0.133. The van der Waals surface area contributed by atoms with Crippen molar-refractivity contribution >= 4 is 5.97 Å². The Morgan fingerprint density at radius 1 is 1.11 bits per heavy atom. The van der Waals surface area contributed by atoms with Crippen LogP contribution in [-0.2, 0) is 4.79 Å². The zero-order valence-corrected chi connectivity index (χ0v) is 10.3. The highest BCUT2D eigenvalue weighted by atomic mass is 16.5. The zero-order chi connectivity index (χ0) is 13.7. The van der Waals surface area contributed by atoms with Crippen molar-refractivity contribution < 1.29 is 14.6 Å². The second-order valence-electron chi connectivity index (χ2n) is 4.19. The smallest absolute Gasteiger partial charge is 0.305 e. The maximum Gasteiger partial charge on any atom is 0.305 e. The Labute approximate surface area is 111 Å². The maximum atomic E-state index is 10.6.